The maximum atomic E-state index is 4.14. The lowest BCUT2D eigenvalue weighted by atomic mass is 10.4. The first-order chi connectivity index (χ1) is 5.43. The molecule has 0 atom stereocenters. The Bertz CT molecular complexity index is 194. The number of aromatic nitrogens is 1. The molecule has 0 aliphatic carbocycles. The number of nitrogens with zero attached hydrogens (tertiary/aromatic N) is 1. The van der Waals surface area contributed by atoms with Crippen LogP contribution >= 0.6 is 11.3 Å². The van der Waals surface area contributed by atoms with Crippen LogP contribution in [-0.4, -0.2) is 11.5 Å². The fourth-order valence-corrected chi connectivity index (χ4v) is 1.33. The summed E-state index contributed by atoms with van der Waals surface area (Å²) in [5.41, 5.74) is 0. The molecule has 11 heavy (non-hydrogen) atoms. The summed E-state index contributed by atoms with van der Waals surface area (Å²) >= 11 is 1.68. The molecule has 0 amide bonds. The molecule has 0 bridgehead atoms. The van der Waals surface area contributed by atoms with Gasteiger partial charge in [-0.25, -0.2) is 4.98 Å². The summed E-state index contributed by atoms with van der Waals surface area (Å²) in [6, 6.07) is 0. The maximum Gasteiger partial charge on any atom is 0.106 e. The normalized spacial score (nSPS) is 9.82. The average Bonchev–Trinajstić information content (AvgIpc) is 2.50. The Kier molecular flexibility index (Phi) is 3.86. The lowest BCUT2D eigenvalue weighted by Crippen LogP contribution is -2.13. The molecule has 1 heterocycles. The largest absolute Gasteiger partial charge is 0.310 e. The Morgan fingerprint density at radius 3 is 3.27 bits per heavy atom. The highest BCUT2D eigenvalue weighted by Gasteiger charge is 1.91. The molecule has 1 aromatic heterocycles. The molecule has 0 aromatic carbocycles. The molecule has 0 aliphatic heterocycles. The van der Waals surface area contributed by atoms with Crippen LogP contribution in [0, 0.1) is 0 Å². The molecule has 1 N–H and O–H groups in total. The lowest BCUT2D eigenvalue weighted by Gasteiger charge is -1.97. The second-order valence-electron chi connectivity index (χ2n) is 2.18. The minimum absolute atomic E-state index is 0.880. The number of hydrogen-bond acceptors (Lipinski definition) is 3. The van der Waals surface area contributed by atoms with E-state index in [0.717, 1.165) is 24.5 Å². The Morgan fingerprint density at radius 2 is 2.64 bits per heavy atom. The molecule has 0 aliphatic rings. The van der Waals surface area contributed by atoms with Crippen LogP contribution in [0.25, 0.3) is 0 Å². The van der Waals surface area contributed by atoms with E-state index in [1.807, 2.05) is 17.7 Å². The van der Waals surface area contributed by atoms with Gasteiger partial charge >= 0.3 is 0 Å². The van der Waals surface area contributed by atoms with Crippen LogP contribution in [0.4, 0.5) is 0 Å². The zero-order chi connectivity index (χ0) is 7.94. The first-order valence-corrected chi connectivity index (χ1v) is 4.51. The zero-order valence-corrected chi connectivity index (χ0v) is 7.23. The molecular formula is C8H12N2S. The third-order valence-electron chi connectivity index (χ3n) is 1.28. The van der Waals surface area contributed by atoms with Gasteiger partial charge in [-0.05, 0) is 13.0 Å². The van der Waals surface area contributed by atoms with E-state index in [1.165, 1.54) is 0 Å². The molecule has 3 heteroatoms. The molecule has 2 nitrogen and oxygen atoms in total. The van der Waals surface area contributed by atoms with Gasteiger partial charge in [-0.1, -0.05) is 6.08 Å². The van der Waals surface area contributed by atoms with Crippen LogP contribution < -0.4 is 5.32 Å². The first-order valence-electron chi connectivity index (χ1n) is 3.63. The van der Waals surface area contributed by atoms with Crippen molar-refractivity contribution in [2.45, 2.75) is 13.0 Å². The average molecular weight is 168 g/mol. The summed E-state index contributed by atoms with van der Waals surface area (Å²) in [5, 5.41) is 6.40. The monoisotopic (exact) mass is 168 g/mol. The van der Waals surface area contributed by atoms with E-state index < -0.39 is 0 Å². The quantitative estimate of drug-likeness (QED) is 0.536. The van der Waals surface area contributed by atoms with Crippen LogP contribution in [0.15, 0.2) is 24.2 Å². The van der Waals surface area contributed by atoms with Gasteiger partial charge in [0, 0.05) is 18.1 Å². The van der Waals surface area contributed by atoms with Crippen molar-refractivity contribution in [3.63, 3.8) is 0 Å². The van der Waals surface area contributed by atoms with Gasteiger partial charge in [0.2, 0.25) is 0 Å². The standard InChI is InChI=1S/C8H12N2S/c1-2-3-4-9-7-8-10-5-6-11-8/h2,5-6,9H,1,3-4,7H2. The molecule has 0 fully saturated rings. The predicted octanol–water partition coefficient (Wildman–Crippen LogP) is 1.81. The first kappa shape index (κ1) is 8.43. The van der Waals surface area contributed by atoms with Gasteiger partial charge in [-0.15, -0.1) is 17.9 Å². The van der Waals surface area contributed by atoms with Crippen molar-refractivity contribution in [1.29, 1.82) is 0 Å². The molecular weight excluding hydrogens is 156 g/mol. The lowest BCUT2D eigenvalue weighted by molar-refractivity contribution is 0.692. The molecule has 0 unspecified atom stereocenters. The minimum Gasteiger partial charge on any atom is -0.310 e. The summed E-state index contributed by atoms with van der Waals surface area (Å²) in [4.78, 5) is 4.14. The van der Waals surface area contributed by atoms with E-state index in [4.69, 9.17) is 0 Å². The van der Waals surface area contributed by atoms with Crippen LogP contribution in [0.1, 0.15) is 11.4 Å². The van der Waals surface area contributed by atoms with E-state index in [2.05, 4.69) is 16.9 Å². The van der Waals surface area contributed by atoms with Gasteiger partial charge in [-0.3, -0.25) is 0 Å². The summed E-state index contributed by atoms with van der Waals surface area (Å²) < 4.78 is 0. The van der Waals surface area contributed by atoms with Gasteiger partial charge in [0.15, 0.2) is 0 Å². The number of rotatable bonds is 5. The van der Waals surface area contributed by atoms with Crippen molar-refractivity contribution in [2.24, 2.45) is 0 Å². The Balaban J connectivity index is 2.09. The van der Waals surface area contributed by atoms with Crippen LogP contribution in [0.3, 0.4) is 0 Å². The molecule has 0 spiro atoms. The van der Waals surface area contributed by atoms with Gasteiger partial charge in [0.25, 0.3) is 0 Å². The highest BCUT2D eigenvalue weighted by atomic mass is 32.1. The Morgan fingerprint density at radius 1 is 1.73 bits per heavy atom. The van der Waals surface area contributed by atoms with Crippen molar-refractivity contribution in [2.75, 3.05) is 6.54 Å². The van der Waals surface area contributed by atoms with E-state index in [1.54, 1.807) is 11.3 Å². The summed E-state index contributed by atoms with van der Waals surface area (Å²) in [5.74, 6) is 0. The Labute approximate surface area is 71.0 Å². The van der Waals surface area contributed by atoms with Gasteiger partial charge in [-0.2, -0.15) is 0 Å². The van der Waals surface area contributed by atoms with Crippen molar-refractivity contribution in [1.82, 2.24) is 10.3 Å². The van der Waals surface area contributed by atoms with Crippen molar-refractivity contribution in [3.05, 3.63) is 29.2 Å². The highest BCUT2D eigenvalue weighted by Crippen LogP contribution is 2.02. The number of nitrogens with one attached hydrogen (secondary N) is 1. The van der Waals surface area contributed by atoms with Gasteiger partial charge in [0.1, 0.15) is 5.01 Å². The summed E-state index contributed by atoms with van der Waals surface area (Å²) in [6.45, 7) is 5.51. The second kappa shape index (κ2) is 5.04. The molecule has 1 rings (SSSR count). The third kappa shape index (κ3) is 3.30. The van der Waals surface area contributed by atoms with E-state index in [-0.39, 0.29) is 0 Å². The molecule has 0 saturated carbocycles. The van der Waals surface area contributed by atoms with E-state index in [0.29, 0.717) is 0 Å². The number of thiazole rings is 1. The van der Waals surface area contributed by atoms with Crippen LogP contribution in [0.5, 0.6) is 0 Å². The molecule has 60 valence electrons. The minimum atomic E-state index is 0.880. The maximum absolute atomic E-state index is 4.14. The van der Waals surface area contributed by atoms with Gasteiger partial charge < -0.3 is 5.32 Å². The predicted molar refractivity (Wildman–Crippen MR) is 48.6 cm³/mol. The number of hydrogen-bond donors (Lipinski definition) is 1. The summed E-state index contributed by atoms with van der Waals surface area (Å²) in [7, 11) is 0. The fraction of sp³-hybridized carbons (Fsp3) is 0.375. The fourth-order valence-electron chi connectivity index (χ4n) is 0.740. The molecule has 0 saturated heterocycles. The molecule has 0 radical (unpaired) electrons. The van der Waals surface area contributed by atoms with Crippen LogP contribution in [0.2, 0.25) is 0 Å². The second-order valence-corrected chi connectivity index (χ2v) is 3.16. The van der Waals surface area contributed by atoms with Crippen molar-refractivity contribution < 1.29 is 0 Å². The van der Waals surface area contributed by atoms with E-state index >= 15 is 0 Å². The zero-order valence-electron chi connectivity index (χ0n) is 6.42. The summed E-state index contributed by atoms with van der Waals surface area (Å²) in [6.07, 6.45) is 4.76. The van der Waals surface area contributed by atoms with Crippen molar-refractivity contribution in [3.8, 4) is 0 Å². The highest BCUT2D eigenvalue weighted by molar-refractivity contribution is 7.09. The van der Waals surface area contributed by atoms with Crippen molar-refractivity contribution >= 4 is 11.3 Å². The topological polar surface area (TPSA) is 24.9 Å². The van der Waals surface area contributed by atoms with Gasteiger partial charge in [0.05, 0.1) is 0 Å². The molecule has 1 aromatic rings. The van der Waals surface area contributed by atoms with Crippen LogP contribution in [-0.2, 0) is 6.54 Å². The smallest absolute Gasteiger partial charge is 0.106 e. The van der Waals surface area contributed by atoms with E-state index in [9.17, 15) is 0 Å². The third-order valence-corrected chi connectivity index (χ3v) is 2.06. The Hall–Kier alpha value is -0.670. The SMILES string of the molecule is C=CCCNCc1nccs1.